The lowest BCUT2D eigenvalue weighted by atomic mass is 10.1. The van der Waals surface area contributed by atoms with Gasteiger partial charge in [-0.2, -0.15) is 0 Å². The molecule has 1 N–H and O–H groups in total. The Balaban J connectivity index is 2.13. The Morgan fingerprint density at radius 1 is 1.16 bits per heavy atom. The molecule has 19 heavy (non-hydrogen) atoms. The summed E-state index contributed by atoms with van der Waals surface area (Å²) in [5.74, 6) is 0.507. The quantitative estimate of drug-likeness (QED) is 0.759. The first-order valence-electron chi connectivity index (χ1n) is 5.73. The molecular formula is C14H11N3O2. The third-order valence-corrected chi connectivity index (χ3v) is 2.79. The minimum Gasteiger partial charge on any atom is -0.504 e. The Hall–Kier alpha value is -2.69. The Bertz CT molecular complexity index is 744. The highest BCUT2D eigenvalue weighted by Crippen LogP contribution is 2.30. The molecule has 3 rings (SSSR count). The summed E-state index contributed by atoms with van der Waals surface area (Å²) < 4.78 is 5.08. The van der Waals surface area contributed by atoms with Gasteiger partial charge in [-0.1, -0.05) is 0 Å². The number of fused-ring (bicyclic) bond motifs is 1. The third-order valence-electron chi connectivity index (χ3n) is 2.79. The van der Waals surface area contributed by atoms with Gasteiger partial charge in [0.15, 0.2) is 17.1 Å². The lowest BCUT2D eigenvalue weighted by molar-refractivity contribution is 0.373. The topological polar surface area (TPSA) is 68.1 Å². The number of phenolic OH excluding ortho intramolecular Hbond substituents is 1. The average Bonchev–Trinajstić information content (AvgIpc) is 2.47. The second-order valence-electron chi connectivity index (χ2n) is 3.99. The highest BCUT2D eigenvalue weighted by Gasteiger charge is 2.07. The molecule has 0 unspecified atom stereocenters. The van der Waals surface area contributed by atoms with Crippen LogP contribution in [0.25, 0.3) is 22.4 Å². The van der Waals surface area contributed by atoms with E-state index >= 15 is 0 Å². The second kappa shape index (κ2) is 4.53. The SMILES string of the molecule is COc1cc(-c2cnc3ncccc3n2)ccc1O. The molecule has 1 aromatic carbocycles. The number of nitrogens with zero attached hydrogens (tertiary/aromatic N) is 3. The summed E-state index contributed by atoms with van der Waals surface area (Å²) in [7, 11) is 1.51. The van der Waals surface area contributed by atoms with E-state index in [-0.39, 0.29) is 5.75 Å². The van der Waals surface area contributed by atoms with Crippen LogP contribution in [0.4, 0.5) is 0 Å². The zero-order valence-corrected chi connectivity index (χ0v) is 10.2. The number of methoxy groups -OCH3 is 1. The lowest BCUT2D eigenvalue weighted by Crippen LogP contribution is -1.91. The number of benzene rings is 1. The van der Waals surface area contributed by atoms with Crippen LogP contribution >= 0.6 is 0 Å². The van der Waals surface area contributed by atoms with Gasteiger partial charge in [-0.15, -0.1) is 0 Å². The van der Waals surface area contributed by atoms with Gasteiger partial charge < -0.3 is 9.84 Å². The minimum atomic E-state index is 0.0988. The average molecular weight is 253 g/mol. The zero-order valence-electron chi connectivity index (χ0n) is 10.2. The van der Waals surface area contributed by atoms with Crippen LogP contribution < -0.4 is 4.74 Å². The summed E-state index contributed by atoms with van der Waals surface area (Å²) >= 11 is 0. The maximum absolute atomic E-state index is 9.58. The first kappa shape index (κ1) is 11.4. The summed E-state index contributed by atoms with van der Waals surface area (Å²) in [6.07, 6.45) is 3.33. The van der Waals surface area contributed by atoms with Crippen LogP contribution in [-0.4, -0.2) is 27.2 Å². The number of pyridine rings is 1. The standard InChI is InChI=1S/C14H11N3O2/c1-19-13-7-9(4-5-12(13)18)11-8-16-14-10(17-11)3-2-6-15-14/h2-8,18H,1H3. The molecule has 5 nitrogen and oxygen atoms in total. The first-order valence-corrected chi connectivity index (χ1v) is 5.73. The molecule has 2 aromatic heterocycles. The number of hydrogen-bond acceptors (Lipinski definition) is 5. The number of rotatable bonds is 2. The fraction of sp³-hybridized carbons (Fsp3) is 0.0714. The molecule has 0 radical (unpaired) electrons. The maximum Gasteiger partial charge on any atom is 0.178 e. The number of ether oxygens (including phenoxy) is 1. The number of aromatic hydroxyl groups is 1. The molecule has 0 bridgehead atoms. The van der Waals surface area contributed by atoms with Gasteiger partial charge in [0, 0.05) is 11.8 Å². The Morgan fingerprint density at radius 2 is 2.05 bits per heavy atom. The molecule has 0 aliphatic carbocycles. The highest BCUT2D eigenvalue weighted by atomic mass is 16.5. The van der Waals surface area contributed by atoms with Crippen LogP contribution in [-0.2, 0) is 0 Å². The van der Waals surface area contributed by atoms with E-state index in [1.807, 2.05) is 12.1 Å². The minimum absolute atomic E-state index is 0.0988. The van der Waals surface area contributed by atoms with Gasteiger partial charge in [-0.3, -0.25) is 0 Å². The van der Waals surface area contributed by atoms with E-state index < -0.39 is 0 Å². The summed E-state index contributed by atoms with van der Waals surface area (Å²) in [6, 6.07) is 8.74. The fourth-order valence-corrected chi connectivity index (χ4v) is 1.83. The predicted molar refractivity (Wildman–Crippen MR) is 71.0 cm³/mol. The van der Waals surface area contributed by atoms with Gasteiger partial charge in [0.1, 0.15) is 5.52 Å². The van der Waals surface area contributed by atoms with E-state index in [0.717, 1.165) is 11.1 Å². The lowest BCUT2D eigenvalue weighted by Gasteiger charge is -2.06. The Labute approximate surface area is 109 Å². The molecule has 0 aliphatic heterocycles. The predicted octanol–water partition coefficient (Wildman–Crippen LogP) is 2.41. The molecule has 94 valence electrons. The van der Waals surface area contributed by atoms with Gasteiger partial charge in [-0.25, -0.2) is 15.0 Å². The van der Waals surface area contributed by atoms with Gasteiger partial charge in [0.2, 0.25) is 0 Å². The van der Waals surface area contributed by atoms with Crippen molar-refractivity contribution in [3.8, 4) is 22.8 Å². The first-order chi connectivity index (χ1) is 9.28. The van der Waals surface area contributed by atoms with Crippen molar-refractivity contribution < 1.29 is 9.84 Å². The molecule has 0 amide bonds. The normalized spacial score (nSPS) is 10.6. The molecule has 0 spiro atoms. The molecular weight excluding hydrogens is 242 g/mol. The third kappa shape index (κ3) is 2.06. The van der Waals surface area contributed by atoms with Crippen LogP contribution in [0.15, 0.2) is 42.7 Å². The molecule has 0 aliphatic rings. The number of hydrogen-bond donors (Lipinski definition) is 1. The molecule has 0 fully saturated rings. The summed E-state index contributed by atoms with van der Waals surface area (Å²) in [6.45, 7) is 0. The van der Waals surface area contributed by atoms with E-state index in [9.17, 15) is 5.11 Å². The van der Waals surface area contributed by atoms with Crippen LogP contribution in [0.5, 0.6) is 11.5 Å². The smallest absolute Gasteiger partial charge is 0.178 e. The largest absolute Gasteiger partial charge is 0.504 e. The van der Waals surface area contributed by atoms with Crippen molar-refractivity contribution in [3.63, 3.8) is 0 Å². The van der Waals surface area contributed by atoms with Crippen molar-refractivity contribution in [2.24, 2.45) is 0 Å². The Kier molecular flexibility index (Phi) is 2.72. The molecule has 0 saturated carbocycles. The second-order valence-corrected chi connectivity index (χ2v) is 3.99. The Morgan fingerprint density at radius 3 is 2.89 bits per heavy atom. The summed E-state index contributed by atoms with van der Waals surface area (Å²) in [5, 5.41) is 9.58. The van der Waals surface area contributed by atoms with Gasteiger partial charge >= 0.3 is 0 Å². The molecule has 0 saturated heterocycles. The fourth-order valence-electron chi connectivity index (χ4n) is 1.83. The van der Waals surface area contributed by atoms with Crippen molar-refractivity contribution in [2.45, 2.75) is 0 Å². The number of aromatic nitrogens is 3. The molecule has 3 aromatic rings. The van der Waals surface area contributed by atoms with Gasteiger partial charge in [-0.05, 0) is 30.3 Å². The van der Waals surface area contributed by atoms with E-state index in [0.29, 0.717) is 17.1 Å². The number of phenols is 1. The zero-order chi connectivity index (χ0) is 13.2. The van der Waals surface area contributed by atoms with E-state index in [4.69, 9.17) is 4.74 Å². The van der Waals surface area contributed by atoms with Crippen molar-refractivity contribution in [3.05, 3.63) is 42.7 Å². The van der Waals surface area contributed by atoms with Gasteiger partial charge in [0.05, 0.1) is 19.0 Å². The van der Waals surface area contributed by atoms with Crippen molar-refractivity contribution >= 4 is 11.2 Å². The monoisotopic (exact) mass is 253 g/mol. The van der Waals surface area contributed by atoms with Crippen LogP contribution in [0.2, 0.25) is 0 Å². The van der Waals surface area contributed by atoms with E-state index in [1.54, 1.807) is 30.6 Å². The maximum atomic E-state index is 9.58. The summed E-state index contributed by atoms with van der Waals surface area (Å²) in [5.41, 5.74) is 2.87. The van der Waals surface area contributed by atoms with E-state index in [1.165, 1.54) is 7.11 Å². The summed E-state index contributed by atoms with van der Waals surface area (Å²) in [4.78, 5) is 12.9. The van der Waals surface area contributed by atoms with Crippen molar-refractivity contribution in [1.82, 2.24) is 15.0 Å². The van der Waals surface area contributed by atoms with E-state index in [2.05, 4.69) is 15.0 Å². The van der Waals surface area contributed by atoms with Crippen molar-refractivity contribution in [1.29, 1.82) is 0 Å². The van der Waals surface area contributed by atoms with Crippen LogP contribution in [0, 0.1) is 0 Å². The van der Waals surface area contributed by atoms with Crippen molar-refractivity contribution in [2.75, 3.05) is 7.11 Å². The van der Waals surface area contributed by atoms with Crippen LogP contribution in [0.3, 0.4) is 0 Å². The van der Waals surface area contributed by atoms with Gasteiger partial charge in [0.25, 0.3) is 0 Å². The highest BCUT2D eigenvalue weighted by molar-refractivity contribution is 5.74. The molecule has 0 atom stereocenters. The molecule has 5 heteroatoms. The van der Waals surface area contributed by atoms with Crippen LogP contribution in [0.1, 0.15) is 0 Å². The molecule has 2 heterocycles.